The van der Waals surface area contributed by atoms with Gasteiger partial charge in [0.15, 0.2) is 11.6 Å². The van der Waals surface area contributed by atoms with E-state index in [1.807, 2.05) is 11.8 Å². The van der Waals surface area contributed by atoms with Gasteiger partial charge >= 0.3 is 0 Å². The molecule has 1 aromatic rings. The molecule has 2 N–H and O–H groups in total. The van der Waals surface area contributed by atoms with Crippen molar-refractivity contribution in [2.75, 3.05) is 25.2 Å². The molecule has 0 spiro atoms. The number of hydrogen-bond donors (Lipinski definition) is 2. The number of ether oxygens (including phenoxy) is 1. The number of hydrogen-bond acceptors (Lipinski definition) is 4. The second-order valence-electron chi connectivity index (χ2n) is 4.68. The van der Waals surface area contributed by atoms with Crippen molar-refractivity contribution in [1.29, 1.82) is 0 Å². The maximum absolute atomic E-state index is 13.5. The maximum atomic E-state index is 13.5. The van der Waals surface area contributed by atoms with E-state index in [9.17, 15) is 9.18 Å². The number of rotatable bonds is 5. The Bertz CT molecular complexity index is 470. The fraction of sp³-hybridized carbons (Fsp3) is 0.500. The van der Waals surface area contributed by atoms with Crippen LogP contribution in [-0.2, 0) is 11.3 Å². The number of carbonyl (C=O) groups is 1. The highest BCUT2D eigenvalue weighted by Crippen LogP contribution is 2.17. The Morgan fingerprint density at radius 3 is 3.00 bits per heavy atom. The summed E-state index contributed by atoms with van der Waals surface area (Å²) in [6.45, 7) is 1.28. The summed E-state index contributed by atoms with van der Waals surface area (Å²) in [5, 5.41) is 6.13. The normalized spacial score (nSPS) is 17.7. The fourth-order valence-corrected chi connectivity index (χ4v) is 3.02. The summed E-state index contributed by atoms with van der Waals surface area (Å²) in [6, 6.07) is 4.93. The van der Waals surface area contributed by atoms with E-state index < -0.39 is 5.82 Å². The van der Waals surface area contributed by atoms with Crippen LogP contribution in [0, 0.1) is 5.82 Å². The molecule has 7 heteroatoms. The van der Waals surface area contributed by atoms with Crippen LogP contribution in [0.4, 0.5) is 4.39 Å². The molecule has 1 aliphatic heterocycles. The summed E-state index contributed by atoms with van der Waals surface area (Å²) in [5.41, 5.74) is 0.725. The van der Waals surface area contributed by atoms with Gasteiger partial charge in [-0.15, -0.1) is 12.4 Å². The van der Waals surface area contributed by atoms with E-state index in [1.165, 1.54) is 13.2 Å². The van der Waals surface area contributed by atoms with Crippen LogP contribution in [0.5, 0.6) is 5.75 Å². The SMILES string of the molecule is COc1ccc(CNC(=O)CC2CSCCN2)cc1F.Cl. The molecule has 1 fully saturated rings. The summed E-state index contributed by atoms with van der Waals surface area (Å²) in [6.07, 6.45) is 0.464. The number of methoxy groups -OCH3 is 1. The van der Waals surface area contributed by atoms with Crippen LogP contribution < -0.4 is 15.4 Å². The quantitative estimate of drug-likeness (QED) is 0.864. The first-order valence-electron chi connectivity index (χ1n) is 6.59. The zero-order valence-corrected chi connectivity index (χ0v) is 13.5. The molecule has 1 aliphatic rings. The zero-order chi connectivity index (χ0) is 14.4. The molecule has 1 heterocycles. The molecule has 1 saturated heterocycles. The monoisotopic (exact) mass is 334 g/mol. The van der Waals surface area contributed by atoms with Crippen LogP contribution >= 0.6 is 24.2 Å². The minimum Gasteiger partial charge on any atom is -0.494 e. The van der Waals surface area contributed by atoms with Crippen LogP contribution in [0.25, 0.3) is 0 Å². The van der Waals surface area contributed by atoms with Gasteiger partial charge in [-0.05, 0) is 17.7 Å². The van der Waals surface area contributed by atoms with Gasteiger partial charge in [0.05, 0.1) is 7.11 Å². The molecule has 2 rings (SSSR count). The third kappa shape index (κ3) is 5.73. The highest BCUT2D eigenvalue weighted by Gasteiger charge is 2.16. The highest BCUT2D eigenvalue weighted by atomic mass is 35.5. The van der Waals surface area contributed by atoms with E-state index in [0.29, 0.717) is 13.0 Å². The third-order valence-corrected chi connectivity index (χ3v) is 4.27. The molecular formula is C14H20ClFN2O2S. The second-order valence-corrected chi connectivity index (χ2v) is 5.83. The number of nitrogens with one attached hydrogen (secondary N) is 2. The molecular weight excluding hydrogens is 315 g/mol. The van der Waals surface area contributed by atoms with Gasteiger partial charge in [0.2, 0.25) is 5.91 Å². The zero-order valence-electron chi connectivity index (χ0n) is 11.9. The predicted molar refractivity (Wildman–Crippen MR) is 85.8 cm³/mol. The Labute approximate surface area is 134 Å². The van der Waals surface area contributed by atoms with E-state index in [0.717, 1.165) is 23.6 Å². The Morgan fingerprint density at radius 1 is 1.57 bits per heavy atom. The first kappa shape index (κ1) is 18.1. The summed E-state index contributed by atoms with van der Waals surface area (Å²) in [5.74, 6) is 1.85. The molecule has 0 bridgehead atoms. The number of amides is 1. The number of carbonyl (C=O) groups excluding carboxylic acids is 1. The number of halogens is 2. The topological polar surface area (TPSA) is 50.4 Å². The van der Waals surface area contributed by atoms with Crippen LogP contribution in [-0.4, -0.2) is 37.1 Å². The lowest BCUT2D eigenvalue weighted by Gasteiger charge is -2.22. The third-order valence-electron chi connectivity index (χ3n) is 3.14. The van der Waals surface area contributed by atoms with Crippen LogP contribution in [0.15, 0.2) is 18.2 Å². The van der Waals surface area contributed by atoms with Gasteiger partial charge < -0.3 is 15.4 Å². The molecule has 1 atom stereocenters. The maximum Gasteiger partial charge on any atom is 0.221 e. The van der Waals surface area contributed by atoms with Crippen molar-refractivity contribution in [2.45, 2.75) is 19.0 Å². The van der Waals surface area contributed by atoms with Crippen molar-refractivity contribution in [3.8, 4) is 5.75 Å². The molecule has 118 valence electrons. The van der Waals surface area contributed by atoms with Crippen molar-refractivity contribution < 1.29 is 13.9 Å². The molecule has 21 heavy (non-hydrogen) atoms. The highest BCUT2D eigenvalue weighted by molar-refractivity contribution is 7.99. The standard InChI is InChI=1S/C14H19FN2O2S.ClH/c1-19-13-3-2-10(6-12(13)15)8-17-14(18)7-11-9-20-5-4-16-11;/h2-3,6,11,16H,4-5,7-9H2,1H3,(H,17,18);1H. The Hall–Kier alpha value is -0.980. The molecule has 1 unspecified atom stereocenters. The summed E-state index contributed by atoms with van der Waals surface area (Å²) < 4.78 is 18.4. The van der Waals surface area contributed by atoms with E-state index in [2.05, 4.69) is 10.6 Å². The van der Waals surface area contributed by atoms with Crippen LogP contribution in [0.1, 0.15) is 12.0 Å². The average Bonchev–Trinajstić information content (AvgIpc) is 2.46. The van der Waals surface area contributed by atoms with Gasteiger partial charge in [-0.3, -0.25) is 4.79 Å². The van der Waals surface area contributed by atoms with Gasteiger partial charge in [0, 0.05) is 37.1 Å². The Morgan fingerprint density at radius 2 is 2.38 bits per heavy atom. The number of benzene rings is 1. The lowest BCUT2D eigenvalue weighted by atomic mass is 10.2. The lowest BCUT2D eigenvalue weighted by Crippen LogP contribution is -2.41. The summed E-state index contributed by atoms with van der Waals surface area (Å²) >= 11 is 1.86. The summed E-state index contributed by atoms with van der Waals surface area (Å²) in [4.78, 5) is 11.8. The minimum atomic E-state index is -0.412. The Kier molecular flexibility index (Phi) is 7.85. The predicted octanol–water partition coefficient (Wildman–Crippen LogP) is 1.97. The molecule has 0 aliphatic carbocycles. The summed E-state index contributed by atoms with van der Waals surface area (Å²) in [7, 11) is 1.43. The molecule has 4 nitrogen and oxygen atoms in total. The molecule has 0 aromatic heterocycles. The van der Waals surface area contributed by atoms with Gasteiger partial charge in [0.1, 0.15) is 0 Å². The molecule has 0 radical (unpaired) electrons. The molecule has 1 aromatic carbocycles. The first-order valence-corrected chi connectivity index (χ1v) is 7.74. The van der Waals surface area contributed by atoms with Crippen molar-refractivity contribution in [3.63, 3.8) is 0 Å². The van der Waals surface area contributed by atoms with E-state index in [1.54, 1.807) is 12.1 Å². The van der Waals surface area contributed by atoms with Crippen molar-refractivity contribution in [2.24, 2.45) is 0 Å². The van der Waals surface area contributed by atoms with E-state index in [-0.39, 0.29) is 30.1 Å². The van der Waals surface area contributed by atoms with E-state index in [4.69, 9.17) is 4.74 Å². The smallest absolute Gasteiger partial charge is 0.221 e. The Balaban J connectivity index is 0.00000220. The average molecular weight is 335 g/mol. The number of thioether (sulfide) groups is 1. The van der Waals surface area contributed by atoms with Gasteiger partial charge in [-0.1, -0.05) is 6.07 Å². The van der Waals surface area contributed by atoms with E-state index >= 15 is 0 Å². The van der Waals surface area contributed by atoms with Crippen LogP contribution in [0.2, 0.25) is 0 Å². The first-order chi connectivity index (χ1) is 9.69. The van der Waals surface area contributed by atoms with Gasteiger partial charge in [0.25, 0.3) is 0 Å². The van der Waals surface area contributed by atoms with Crippen molar-refractivity contribution in [1.82, 2.24) is 10.6 Å². The second kappa shape index (κ2) is 9.12. The molecule has 1 amide bonds. The minimum absolute atomic E-state index is 0. The fourth-order valence-electron chi connectivity index (χ4n) is 2.07. The molecule has 0 saturated carbocycles. The lowest BCUT2D eigenvalue weighted by molar-refractivity contribution is -0.121. The van der Waals surface area contributed by atoms with Crippen molar-refractivity contribution in [3.05, 3.63) is 29.6 Å². The van der Waals surface area contributed by atoms with Crippen molar-refractivity contribution >= 4 is 30.1 Å². The van der Waals surface area contributed by atoms with Gasteiger partial charge in [-0.25, -0.2) is 4.39 Å². The van der Waals surface area contributed by atoms with Gasteiger partial charge in [-0.2, -0.15) is 11.8 Å². The largest absolute Gasteiger partial charge is 0.494 e. The van der Waals surface area contributed by atoms with Crippen LogP contribution in [0.3, 0.4) is 0 Å².